The van der Waals surface area contributed by atoms with Gasteiger partial charge in [-0.15, -0.1) is 0 Å². The Hall–Kier alpha value is -0.830. The summed E-state index contributed by atoms with van der Waals surface area (Å²) >= 11 is 6.01. The molecule has 0 unspecified atom stereocenters. The maximum absolute atomic E-state index is 6.01. The fourth-order valence-corrected chi connectivity index (χ4v) is 2.25. The van der Waals surface area contributed by atoms with Gasteiger partial charge in [0.25, 0.3) is 0 Å². The molecule has 0 bridgehead atoms. The molecule has 3 nitrogen and oxygen atoms in total. The predicted octanol–water partition coefficient (Wildman–Crippen LogP) is 3.07. The molecule has 0 aromatic carbocycles. The van der Waals surface area contributed by atoms with Crippen LogP contribution in [-0.2, 0) is 0 Å². The van der Waals surface area contributed by atoms with E-state index in [0.29, 0.717) is 16.9 Å². The van der Waals surface area contributed by atoms with Crippen LogP contribution in [0.2, 0.25) is 5.15 Å². The average Bonchev–Trinajstić information content (AvgIpc) is 2.26. The van der Waals surface area contributed by atoms with Crippen LogP contribution in [-0.4, -0.2) is 9.97 Å². The van der Waals surface area contributed by atoms with Crippen molar-refractivity contribution < 1.29 is 0 Å². The van der Waals surface area contributed by atoms with E-state index < -0.39 is 0 Å². The Morgan fingerprint density at radius 2 is 1.87 bits per heavy atom. The highest BCUT2D eigenvalue weighted by Gasteiger charge is 2.19. The Labute approximate surface area is 95.1 Å². The van der Waals surface area contributed by atoms with Crippen molar-refractivity contribution in [2.24, 2.45) is 0 Å². The number of nitrogens with two attached hydrogens (primary N) is 1. The quantitative estimate of drug-likeness (QED) is 0.748. The van der Waals surface area contributed by atoms with Crippen LogP contribution in [0.15, 0.2) is 0 Å². The third-order valence-electron chi connectivity index (χ3n) is 3.11. The summed E-state index contributed by atoms with van der Waals surface area (Å²) in [5, 5.41) is 0.503. The summed E-state index contributed by atoms with van der Waals surface area (Å²) in [6, 6.07) is 0. The minimum absolute atomic E-state index is 0.458. The Bertz CT molecular complexity index is 336. The second-order valence-electron chi connectivity index (χ2n) is 4.22. The lowest BCUT2D eigenvalue weighted by Crippen LogP contribution is -2.11. The highest BCUT2D eigenvalue weighted by molar-refractivity contribution is 6.30. The number of nitrogen functional groups attached to an aromatic ring is 1. The summed E-state index contributed by atoms with van der Waals surface area (Å²) in [5.74, 6) is 1.82. The number of nitrogens with zero attached hydrogens (tertiary/aromatic N) is 2. The fourth-order valence-electron chi connectivity index (χ4n) is 2.07. The van der Waals surface area contributed by atoms with Gasteiger partial charge in [0.15, 0.2) is 0 Å². The number of rotatable bonds is 1. The molecule has 4 heteroatoms. The van der Waals surface area contributed by atoms with Crippen LogP contribution in [0.1, 0.15) is 49.4 Å². The first-order valence-electron chi connectivity index (χ1n) is 5.48. The summed E-state index contributed by atoms with van der Waals surface area (Å²) in [7, 11) is 0. The first kappa shape index (κ1) is 10.7. The number of halogens is 1. The molecule has 0 amide bonds. The average molecular weight is 226 g/mol. The van der Waals surface area contributed by atoms with E-state index >= 15 is 0 Å². The van der Waals surface area contributed by atoms with Gasteiger partial charge in [0.2, 0.25) is 0 Å². The second-order valence-corrected chi connectivity index (χ2v) is 4.58. The minimum Gasteiger partial charge on any atom is -0.383 e. The van der Waals surface area contributed by atoms with Crippen LogP contribution in [0.25, 0.3) is 0 Å². The first-order chi connectivity index (χ1) is 7.18. The van der Waals surface area contributed by atoms with Gasteiger partial charge < -0.3 is 5.73 Å². The SMILES string of the molecule is Cc1c(N)nc(C2CCCCC2)nc1Cl. The largest absolute Gasteiger partial charge is 0.383 e. The van der Waals surface area contributed by atoms with Gasteiger partial charge in [-0.1, -0.05) is 30.9 Å². The van der Waals surface area contributed by atoms with Crippen LogP contribution in [0, 0.1) is 6.92 Å². The van der Waals surface area contributed by atoms with E-state index in [1.54, 1.807) is 0 Å². The third kappa shape index (κ3) is 2.23. The summed E-state index contributed by atoms with van der Waals surface area (Å²) in [6.07, 6.45) is 6.18. The molecule has 1 aliphatic carbocycles. The molecule has 1 heterocycles. The topological polar surface area (TPSA) is 51.8 Å². The second kappa shape index (κ2) is 4.35. The monoisotopic (exact) mass is 225 g/mol. The van der Waals surface area contributed by atoms with Gasteiger partial charge in [0, 0.05) is 11.5 Å². The normalized spacial score (nSPS) is 18.0. The van der Waals surface area contributed by atoms with Crippen LogP contribution < -0.4 is 5.73 Å². The van der Waals surface area contributed by atoms with Crippen molar-refractivity contribution in [3.63, 3.8) is 0 Å². The standard InChI is InChI=1S/C11H16ClN3/c1-7-9(12)14-11(15-10(7)13)8-5-3-2-4-6-8/h8H,2-6H2,1H3,(H2,13,14,15). The van der Waals surface area contributed by atoms with Gasteiger partial charge in [-0.2, -0.15) is 0 Å². The van der Waals surface area contributed by atoms with E-state index in [4.69, 9.17) is 17.3 Å². The Morgan fingerprint density at radius 1 is 1.20 bits per heavy atom. The van der Waals surface area contributed by atoms with E-state index in [2.05, 4.69) is 9.97 Å². The third-order valence-corrected chi connectivity index (χ3v) is 3.48. The molecule has 1 aliphatic rings. The first-order valence-corrected chi connectivity index (χ1v) is 5.86. The van der Waals surface area contributed by atoms with Crippen LogP contribution in [0.5, 0.6) is 0 Å². The smallest absolute Gasteiger partial charge is 0.137 e. The van der Waals surface area contributed by atoms with Crippen molar-refractivity contribution in [2.45, 2.75) is 44.9 Å². The van der Waals surface area contributed by atoms with E-state index in [1.165, 1.54) is 32.1 Å². The van der Waals surface area contributed by atoms with E-state index in [1.807, 2.05) is 6.92 Å². The lowest BCUT2D eigenvalue weighted by atomic mass is 9.88. The van der Waals surface area contributed by atoms with Gasteiger partial charge in [-0.3, -0.25) is 0 Å². The Kier molecular flexibility index (Phi) is 3.10. The summed E-state index contributed by atoms with van der Waals surface area (Å²) in [4.78, 5) is 8.67. The zero-order valence-electron chi connectivity index (χ0n) is 8.96. The van der Waals surface area contributed by atoms with E-state index in [9.17, 15) is 0 Å². The molecular formula is C11H16ClN3. The molecule has 2 N–H and O–H groups in total. The zero-order chi connectivity index (χ0) is 10.8. The highest BCUT2D eigenvalue weighted by atomic mass is 35.5. The van der Waals surface area contributed by atoms with Gasteiger partial charge in [0.1, 0.15) is 16.8 Å². The van der Waals surface area contributed by atoms with Gasteiger partial charge in [-0.05, 0) is 19.8 Å². The van der Waals surface area contributed by atoms with Crippen LogP contribution in [0.4, 0.5) is 5.82 Å². The fraction of sp³-hybridized carbons (Fsp3) is 0.636. The molecule has 15 heavy (non-hydrogen) atoms. The molecule has 82 valence electrons. The van der Waals surface area contributed by atoms with E-state index in [-0.39, 0.29) is 0 Å². The van der Waals surface area contributed by atoms with Crippen molar-refractivity contribution in [1.82, 2.24) is 9.97 Å². The maximum atomic E-state index is 6.01. The predicted molar refractivity (Wildman–Crippen MR) is 62.0 cm³/mol. The molecule has 1 aromatic rings. The molecule has 0 saturated heterocycles. The van der Waals surface area contributed by atoms with Crippen LogP contribution in [0.3, 0.4) is 0 Å². The molecular weight excluding hydrogens is 210 g/mol. The number of hydrogen-bond donors (Lipinski definition) is 1. The van der Waals surface area contributed by atoms with E-state index in [0.717, 1.165) is 11.4 Å². The number of aromatic nitrogens is 2. The molecule has 0 aliphatic heterocycles. The molecule has 0 spiro atoms. The summed E-state index contributed by atoms with van der Waals surface area (Å²) < 4.78 is 0. The highest BCUT2D eigenvalue weighted by Crippen LogP contribution is 2.32. The van der Waals surface area contributed by atoms with Crippen molar-refractivity contribution in [2.75, 3.05) is 5.73 Å². The molecule has 0 radical (unpaired) electrons. The molecule has 1 saturated carbocycles. The summed E-state index contributed by atoms with van der Waals surface area (Å²) in [5.41, 5.74) is 6.58. The maximum Gasteiger partial charge on any atom is 0.137 e. The van der Waals surface area contributed by atoms with Gasteiger partial charge in [0.05, 0.1) is 0 Å². The number of anilines is 1. The lowest BCUT2D eigenvalue weighted by Gasteiger charge is -2.20. The van der Waals surface area contributed by atoms with Crippen molar-refractivity contribution >= 4 is 17.4 Å². The molecule has 0 atom stereocenters. The van der Waals surface area contributed by atoms with Crippen LogP contribution >= 0.6 is 11.6 Å². The minimum atomic E-state index is 0.458. The molecule has 2 rings (SSSR count). The molecule has 1 aromatic heterocycles. The van der Waals surface area contributed by atoms with Crippen molar-refractivity contribution in [3.05, 3.63) is 16.5 Å². The molecule has 1 fully saturated rings. The Morgan fingerprint density at radius 3 is 2.47 bits per heavy atom. The summed E-state index contributed by atoms with van der Waals surface area (Å²) in [6.45, 7) is 1.85. The zero-order valence-corrected chi connectivity index (χ0v) is 9.72. The van der Waals surface area contributed by atoms with Gasteiger partial charge in [-0.25, -0.2) is 9.97 Å². The van der Waals surface area contributed by atoms with Crippen molar-refractivity contribution in [3.8, 4) is 0 Å². The Balaban J connectivity index is 2.27. The van der Waals surface area contributed by atoms with Gasteiger partial charge >= 0.3 is 0 Å². The number of hydrogen-bond acceptors (Lipinski definition) is 3. The lowest BCUT2D eigenvalue weighted by molar-refractivity contribution is 0.429. The van der Waals surface area contributed by atoms with Crippen molar-refractivity contribution in [1.29, 1.82) is 0 Å².